The molecule has 0 aromatic carbocycles. The summed E-state index contributed by atoms with van der Waals surface area (Å²) in [7, 11) is 0. The van der Waals surface area contributed by atoms with Gasteiger partial charge in [-0.1, -0.05) is 6.92 Å². The van der Waals surface area contributed by atoms with E-state index in [-0.39, 0.29) is 11.9 Å². The van der Waals surface area contributed by atoms with Crippen molar-refractivity contribution in [1.82, 2.24) is 10.3 Å². The van der Waals surface area contributed by atoms with Gasteiger partial charge in [-0.05, 0) is 25.5 Å². The number of morpholine rings is 1. The van der Waals surface area contributed by atoms with Crippen molar-refractivity contribution in [3.63, 3.8) is 0 Å². The van der Waals surface area contributed by atoms with Crippen LogP contribution in [0.1, 0.15) is 32.1 Å². The topological polar surface area (TPSA) is 74.7 Å². The van der Waals surface area contributed by atoms with Gasteiger partial charge in [-0.15, -0.1) is 0 Å². The van der Waals surface area contributed by atoms with Gasteiger partial charge in [0, 0.05) is 13.1 Å². The predicted octanol–water partition coefficient (Wildman–Crippen LogP) is 0.866. The molecular weight excluding hydrogens is 270 g/mol. The van der Waals surface area contributed by atoms with Crippen LogP contribution in [0.2, 0.25) is 0 Å². The molecule has 1 aliphatic heterocycles. The van der Waals surface area contributed by atoms with Crippen molar-refractivity contribution in [1.29, 1.82) is 0 Å². The summed E-state index contributed by atoms with van der Waals surface area (Å²) in [5, 5.41) is 12.4. The Balaban J connectivity index is 2.12. The van der Waals surface area contributed by atoms with E-state index in [9.17, 15) is 9.90 Å². The highest BCUT2D eigenvalue weighted by molar-refractivity contribution is 5.85. The Kier molecular flexibility index (Phi) is 5.52. The van der Waals surface area contributed by atoms with Crippen LogP contribution in [0, 0.1) is 0 Å². The van der Waals surface area contributed by atoms with Gasteiger partial charge in [0.2, 0.25) is 5.91 Å². The SMILES string of the molecule is CCCNC(=O)C1COCCN1c1ccc([C@H](C)O)nc1. The van der Waals surface area contributed by atoms with Crippen LogP contribution in [-0.4, -0.2) is 48.3 Å². The van der Waals surface area contributed by atoms with Gasteiger partial charge in [0.25, 0.3) is 0 Å². The average molecular weight is 293 g/mol. The van der Waals surface area contributed by atoms with Gasteiger partial charge in [0.15, 0.2) is 0 Å². The number of aromatic nitrogens is 1. The molecule has 1 saturated heterocycles. The molecule has 6 nitrogen and oxygen atoms in total. The number of nitrogens with one attached hydrogen (secondary N) is 1. The number of amides is 1. The summed E-state index contributed by atoms with van der Waals surface area (Å²) in [6.45, 7) is 6.00. The second kappa shape index (κ2) is 7.38. The first-order valence-corrected chi connectivity index (χ1v) is 7.39. The maximum Gasteiger partial charge on any atom is 0.245 e. The quantitative estimate of drug-likeness (QED) is 0.842. The molecule has 0 radical (unpaired) electrons. The van der Waals surface area contributed by atoms with Crippen molar-refractivity contribution in [3.8, 4) is 0 Å². The van der Waals surface area contributed by atoms with Crippen LogP contribution in [0.5, 0.6) is 0 Å². The Morgan fingerprint density at radius 1 is 1.62 bits per heavy atom. The smallest absolute Gasteiger partial charge is 0.245 e. The largest absolute Gasteiger partial charge is 0.387 e. The van der Waals surface area contributed by atoms with Crippen molar-refractivity contribution < 1.29 is 14.6 Å². The second-order valence-electron chi connectivity index (χ2n) is 5.19. The highest BCUT2D eigenvalue weighted by Gasteiger charge is 2.29. The van der Waals surface area contributed by atoms with Gasteiger partial charge in [-0.3, -0.25) is 9.78 Å². The highest BCUT2D eigenvalue weighted by atomic mass is 16.5. The van der Waals surface area contributed by atoms with E-state index in [0.717, 1.165) is 12.1 Å². The number of aliphatic hydroxyl groups is 1. The van der Waals surface area contributed by atoms with Crippen LogP contribution in [0.15, 0.2) is 18.3 Å². The Morgan fingerprint density at radius 3 is 3.05 bits per heavy atom. The third-order valence-corrected chi connectivity index (χ3v) is 3.51. The molecule has 0 saturated carbocycles. The van der Waals surface area contributed by atoms with E-state index in [2.05, 4.69) is 10.3 Å². The summed E-state index contributed by atoms with van der Waals surface area (Å²) in [5.41, 5.74) is 1.50. The number of carbonyl (C=O) groups excluding carboxylic acids is 1. The number of ether oxygens (including phenoxy) is 1. The first kappa shape index (κ1) is 15.7. The zero-order valence-corrected chi connectivity index (χ0v) is 12.6. The Hall–Kier alpha value is -1.66. The molecular formula is C15H23N3O3. The monoisotopic (exact) mass is 293 g/mol. The molecule has 1 aromatic heterocycles. The van der Waals surface area contributed by atoms with E-state index < -0.39 is 6.10 Å². The van der Waals surface area contributed by atoms with Crippen LogP contribution >= 0.6 is 0 Å². The first-order valence-electron chi connectivity index (χ1n) is 7.39. The van der Waals surface area contributed by atoms with E-state index in [4.69, 9.17) is 4.74 Å². The minimum Gasteiger partial charge on any atom is -0.387 e. The normalized spacial score (nSPS) is 20.1. The minimum absolute atomic E-state index is 0.0175. The molecule has 21 heavy (non-hydrogen) atoms. The molecule has 116 valence electrons. The zero-order valence-electron chi connectivity index (χ0n) is 12.6. The number of carbonyl (C=O) groups is 1. The van der Waals surface area contributed by atoms with Crippen molar-refractivity contribution in [2.24, 2.45) is 0 Å². The summed E-state index contributed by atoms with van der Waals surface area (Å²) in [4.78, 5) is 18.5. The van der Waals surface area contributed by atoms with Crippen LogP contribution in [0.25, 0.3) is 0 Å². The van der Waals surface area contributed by atoms with E-state index in [1.807, 2.05) is 17.9 Å². The molecule has 1 unspecified atom stereocenters. The molecule has 2 N–H and O–H groups in total. The maximum atomic E-state index is 12.2. The summed E-state index contributed by atoms with van der Waals surface area (Å²) in [5.74, 6) is -0.0175. The van der Waals surface area contributed by atoms with E-state index >= 15 is 0 Å². The van der Waals surface area contributed by atoms with Gasteiger partial charge in [0.05, 0.1) is 36.9 Å². The van der Waals surface area contributed by atoms with Crippen LogP contribution < -0.4 is 10.2 Å². The van der Waals surface area contributed by atoms with Crippen molar-refractivity contribution in [2.75, 3.05) is 31.2 Å². The number of aliphatic hydroxyl groups excluding tert-OH is 1. The lowest BCUT2D eigenvalue weighted by atomic mass is 10.1. The summed E-state index contributed by atoms with van der Waals surface area (Å²) in [6.07, 6.45) is 2.02. The third-order valence-electron chi connectivity index (χ3n) is 3.51. The number of nitrogens with zero attached hydrogens (tertiary/aromatic N) is 2. The molecule has 1 fully saturated rings. The molecule has 0 spiro atoms. The van der Waals surface area contributed by atoms with Gasteiger partial charge >= 0.3 is 0 Å². The van der Waals surface area contributed by atoms with E-state index in [1.165, 1.54) is 0 Å². The van der Waals surface area contributed by atoms with Gasteiger partial charge < -0.3 is 20.1 Å². The second-order valence-corrected chi connectivity index (χ2v) is 5.19. The van der Waals surface area contributed by atoms with Crippen LogP contribution in [-0.2, 0) is 9.53 Å². The van der Waals surface area contributed by atoms with Gasteiger partial charge in [-0.2, -0.15) is 0 Å². The average Bonchev–Trinajstić information content (AvgIpc) is 2.52. The predicted molar refractivity (Wildman–Crippen MR) is 80.1 cm³/mol. The fourth-order valence-corrected chi connectivity index (χ4v) is 2.31. The summed E-state index contributed by atoms with van der Waals surface area (Å²) >= 11 is 0. The molecule has 0 aliphatic carbocycles. The van der Waals surface area contributed by atoms with E-state index in [0.29, 0.717) is 32.0 Å². The number of rotatable bonds is 5. The highest BCUT2D eigenvalue weighted by Crippen LogP contribution is 2.20. The van der Waals surface area contributed by atoms with Crippen molar-refractivity contribution in [3.05, 3.63) is 24.0 Å². The van der Waals surface area contributed by atoms with Crippen molar-refractivity contribution >= 4 is 11.6 Å². The number of anilines is 1. The molecule has 1 aliphatic rings. The number of pyridine rings is 1. The molecule has 6 heteroatoms. The Labute approximate surface area is 125 Å². The molecule has 2 rings (SSSR count). The molecule has 2 heterocycles. The maximum absolute atomic E-state index is 12.2. The third kappa shape index (κ3) is 3.92. The molecule has 2 atom stereocenters. The summed E-state index contributed by atoms with van der Waals surface area (Å²) < 4.78 is 5.43. The lowest BCUT2D eigenvalue weighted by molar-refractivity contribution is -0.124. The van der Waals surface area contributed by atoms with Crippen LogP contribution in [0.3, 0.4) is 0 Å². The first-order chi connectivity index (χ1) is 10.1. The van der Waals surface area contributed by atoms with E-state index in [1.54, 1.807) is 19.2 Å². The number of hydrogen-bond acceptors (Lipinski definition) is 5. The summed E-state index contributed by atoms with van der Waals surface area (Å²) in [6, 6.07) is 3.35. The Morgan fingerprint density at radius 2 is 2.43 bits per heavy atom. The fourth-order valence-electron chi connectivity index (χ4n) is 2.31. The Bertz CT molecular complexity index is 462. The van der Waals surface area contributed by atoms with Crippen LogP contribution in [0.4, 0.5) is 5.69 Å². The number of hydrogen-bond donors (Lipinski definition) is 2. The van der Waals surface area contributed by atoms with Gasteiger partial charge in [-0.25, -0.2) is 0 Å². The molecule has 0 bridgehead atoms. The molecule has 1 aromatic rings. The lowest BCUT2D eigenvalue weighted by Gasteiger charge is -2.36. The molecule has 1 amide bonds. The fraction of sp³-hybridized carbons (Fsp3) is 0.600. The standard InChI is InChI=1S/C15H23N3O3/c1-3-6-16-15(20)14-10-21-8-7-18(14)12-4-5-13(11(2)19)17-9-12/h4-5,9,11,14,19H,3,6-8,10H2,1-2H3,(H,16,20)/t11-,14?/m0/s1. The van der Waals surface area contributed by atoms with Gasteiger partial charge in [0.1, 0.15) is 6.04 Å². The lowest BCUT2D eigenvalue weighted by Crippen LogP contribution is -2.54. The zero-order chi connectivity index (χ0) is 15.2. The van der Waals surface area contributed by atoms with Crippen molar-refractivity contribution in [2.45, 2.75) is 32.4 Å². The minimum atomic E-state index is -0.590.